The van der Waals surface area contributed by atoms with Crippen molar-refractivity contribution in [3.05, 3.63) is 29.3 Å². The molecule has 1 amide bonds. The highest BCUT2D eigenvalue weighted by molar-refractivity contribution is 6.18. The first-order chi connectivity index (χ1) is 13.6. The molecule has 0 aliphatic carbocycles. The highest BCUT2D eigenvalue weighted by atomic mass is 35.5. The van der Waals surface area contributed by atoms with Crippen LogP contribution in [0.1, 0.15) is 38.3 Å². The topological polar surface area (TPSA) is 88.1 Å². The standard InChI is InChI=1S/C20H30Cl2N2O5/c1-14-5-6-17(24(9-7-21)28-10-8-22)12-15(14)11-16(13-18(25)26)23-19(27)29-20(2,3)4/h5-6,12,16H,7-11,13H2,1-4H3,(H,23,27)(H,25,26)/t16-/m1/s1. The third-order valence-electron chi connectivity index (χ3n) is 3.84. The second kappa shape index (κ2) is 12.1. The van der Waals surface area contributed by atoms with Crippen LogP contribution in [0, 0.1) is 6.92 Å². The van der Waals surface area contributed by atoms with Crippen LogP contribution in [0.3, 0.4) is 0 Å². The number of halogens is 2. The molecule has 0 aromatic heterocycles. The summed E-state index contributed by atoms with van der Waals surface area (Å²) >= 11 is 11.6. The van der Waals surface area contributed by atoms with Crippen LogP contribution in [0.15, 0.2) is 18.2 Å². The summed E-state index contributed by atoms with van der Waals surface area (Å²) < 4.78 is 5.26. The number of carboxylic acids is 1. The van der Waals surface area contributed by atoms with Gasteiger partial charge >= 0.3 is 12.1 Å². The van der Waals surface area contributed by atoms with Gasteiger partial charge in [0.25, 0.3) is 0 Å². The quantitative estimate of drug-likeness (QED) is 0.390. The summed E-state index contributed by atoms with van der Waals surface area (Å²) in [6.45, 7) is 7.98. The molecule has 7 nitrogen and oxygen atoms in total. The van der Waals surface area contributed by atoms with Gasteiger partial charge in [0.15, 0.2) is 0 Å². The van der Waals surface area contributed by atoms with Crippen molar-refractivity contribution in [1.82, 2.24) is 5.32 Å². The van der Waals surface area contributed by atoms with Crippen LogP contribution < -0.4 is 10.4 Å². The lowest BCUT2D eigenvalue weighted by Crippen LogP contribution is -2.41. The highest BCUT2D eigenvalue weighted by Gasteiger charge is 2.22. The number of hydrogen-bond acceptors (Lipinski definition) is 5. The van der Waals surface area contributed by atoms with E-state index >= 15 is 0 Å². The Labute approximate surface area is 182 Å². The van der Waals surface area contributed by atoms with Crippen molar-refractivity contribution in [3.63, 3.8) is 0 Å². The van der Waals surface area contributed by atoms with Crippen LogP contribution in [0.25, 0.3) is 0 Å². The molecule has 29 heavy (non-hydrogen) atoms. The van der Waals surface area contributed by atoms with Crippen LogP contribution in [-0.4, -0.2) is 53.7 Å². The highest BCUT2D eigenvalue weighted by Crippen LogP contribution is 2.22. The second-order valence-corrected chi connectivity index (χ2v) is 8.33. The first-order valence-electron chi connectivity index (χ1n) is 9.39. The number of amides is 1. The number of anilines is 1. The number of rotatable bonds is 11. The maximum Gasteiger partial charge on any atom is 0.407 e. The number of carboxylic acid groups (broad SMARTS) is 1. The van der Waals surface area contributed by atoms with E-state index in [0.29, 0.717) is 31.3 Å². The molecule has 1 rings (SSSR count). The molecule has 0 aliphatic rings. The number of aryl methyl sites for hydroxylation is 1. The number of hydrogen-bond donors (Lipinski definition) is 2. The lowest BCUT2D eigenvalue weighted by Gasteiger charge is -2.25. The third kappa shape index (κ3) is 10.1. The zero-order chi connectivity index (χ0) is 22.0. The zero-order valence-corrected chi connectivity index (χ0v) is 18.8. The van der Waals surface area contributed by atoms with E-state index in [-0.39, 0.29) is 6.42 Å². The van der Waals surface area contributed by atoms with Crippen molar-refractivity contribution in [3.8, 4) is 0 Å². The van der Waals surface area contributed by atoms with Crippen molar-refractivity contribution in [2.75, 3.05) is 30.0 Å². The summed E-state index contributed by atoms with van der Waals surface area (Å²) in [5.74, 6) is -0.292. The maximum atomic E-state index is 12.1. The maximum absolute atomic E-state index is 12.1. The summed E-state index contributed by atoms with van der Waals surface area (Å²) in [4.78, 5) is 29.0. The van der Waals surface area contributed by atoms with Crippen LogP contribution in [0.2, 0.25) is 0 Å². The minimum Gasteiger partial charge on any atom is -0.481 e. The molecule has 0 heterocycles. The summed E-state index contributed by atoms with van der Waals surface area (Å²) in [6.07, 6.45) is -0.543. The molecule has 0 unspecified atom stereocenters. The van der Waals surface area contributed by atoms with Gasteiger partial charge in [-0.2, -0.15) is 0 Å². The molecule has 1 aromatic carbocycles. The van der Waals surface area contributed by atoms with Gasteiger partial charge in [0.1, 0.15) is 5.60 Å². The third-order valence-corrected chi connectivity index (χ3v) is 4.16. The summed E-state index contributed by atoms with van der Waals surface area (Å²) in [5, 5.41) is 13.6. The van der Waals surface area contributed by atoms with Crippen molar-refractivity contribution in [2.45, 2.75) is 52.2 Å². The van der Waals surface area contributed by atoms with Gasteiger partial charge in [-0.1, -0.05) is 6.07 Å². The number of carbonyl (C=O) groups excluding carboxylic acids is 1. The number of benzene rings is 1. The van der Waals surface area contributed by atoms with E-state index in [4.69, 9.17) is 32.8 Å². The number of nitrogens with zero attached hydrogens (tertiary/aromatic N) is 1. The average molecular weight is 449 g/mol. The fourth-order valence-electron chi connectivity index (χ4n) is 2.65. The van der Waals surface area contributed by atoms with E-state index in [1.54, 1.807) is 25.8 Å². The molecule has 9 heteroatoms. The van der Waals surface area contributed by atoms with Gasteiger partial charge in [0.2, 0.25) is 0 Å². The van der Waals surface area contributed by atoms with Gasteiger partial charge in [-0.25, -0.2) is 4.79 Å². The van der Waals surface area contributed by atoms with E-state index in [9.17, 15) is 14.7 Å². The predicted octanol–water partition coefficient (Wildman–Crippen LogP) is 4.12. The van der Waals surface area contributed by atoms with Crippen molar-refractivity contribution >= 4 is 41.0 Å². The molecule has 1 atom stereocenters. The molecule has 0 saturated heterocycles. The Morgan fingerprint density at radius 3 is 2.48 bits per heavy atom. The molecule has 0 radical (unpaired) electrons. The minimum absolute atomic E-state index is 0.225. The average Bonchev–Trinajstić information content (AvgIpc) is 2.58. The van der Waals surface area contributed by atoms with Crippen LogP contribution >= 0.6 is 23.2 Å². The smallest absolute Gasteiger partial charge is 0.407 e. The zero-order valence-electron chi connectivity index (χ0n) is 17.3. The molecule has 0 saturated carbocycles. The van der Waals surface area contributed by atoms with Gasteiger partial charge in [-0.3, -0.25) is 14.7 Å². The molecule has 164 valence electrons. The monoisotopic (exact) mass is 448 g/mol. The Morgan fingerprint density at radius 1 is 1.24 bits per heavy atom. The number of ether oxygens (including phenoxy) is 1. The van der Waals surface area contributed by atoms with Gasteiger partial charge in [0.05, 0.1) is 25.3 Å². The molecular formula is C20H30Cl2N2O5. The van der Waals surface area contributed by atoms with Gasteiger partial charge in [-0.15, -0.1) is 23.2 Å². The molecular weight excluding hydrogens is 419 g/mol. The van der Waals surface area contributed by atoms with E-state index in [0.717, 1.165) is 16.8 Å². The lowest BCUT2D eigenvalue weighted by molar-refractivity contribution is -0.137. The number of alkyl halides is 2. The number of nitrogens with one attached hydrogen (secondary N) is 1. The summed E-state index contributed by atoms with van der Waals surface area (Å²) in [6, 6.07) is 5.09. The van der Waals surface area contributed by atoms with Crippen LogP contribution in [-0.2, 0) is 20.8 Å². The van der Waals surface area contributed by atoms with Crippen LogP contribution in [0.5, 0.6) is 0 Å². The summed E-state index contributed by atoms with van der Waals surface area (Å²) in [7, 11) is 0. The Morgan fingerprint density at radius 2 is 1.93 bits per heavy atom. The largest absolute Gasteiger partial charge is 0.481 e. The molecule has 2 N–H and O–H groups in total. The molecule has 0 aliphatic heterocycles. The SMILES string of the molecule is Cc1ccc(N(CCCl)OCCCl)cc1C[C@H](CC(=O)O)NC(=O)OC(C)(C)C. The number of hydroxylamine groups is 1. The minimum atomic E-state index is -1.01. The first kappa shape index (κ1) is 25.3. The Kier molecular flexibility index (Phi) is 10.6. The predicted molar refractivity (Wildman–Crippen MR) is 115 cm³/mol. The molecule has 1 aromatic rings. The number of carbonyl (C=O) groups is 2. The van der Waals surface area contributed by atoms with E-state index < -0.39 is 23.7 Å². The summed E-state index contributed by atoms with van der Waals surface area (Å²) in [5.41, 5.74) is 1.97. The fourth-order valence-corrected chi connectivity index (χ4v) is 2.87. The normalized spacial score (nSPS) is 12.3. The fraction of sp³-hybridized carbons (Fsp3) is 0.600. The molecule has 0 fully saturated rings. The van der Waals surface area contributed by atoms with E-state index in [1.165, 1.54) is 0 Å². The Balaban J connectivity index is 3.02. The molecule has 0 bridgehead atoms. The van der Waals surface area contributed by atoms with E-state index in [2.05, 4.69) is 5.32 Å². The lowest BCUT2D eigenvalue weighted by atomic mass is 9.98. The van der Waals surface area contributed by atoms with Gasteiger partial charge in [0, 0.05) is 17.8 Å². The van der Waals surface area contributed by atoms with Crippen molar-refractivity contribution in [2.24, 2.45) is 0 Å². The Hall–Kier alpha value is -1.70. The van der Waals surface area contributed by atoms with Crippen molar-refractivity contribution in [1.29, 1.82) is 0 Å². The number of alkyl carbamates (subject to hydrolysis) is 1. The Bertz CT molecular complexity index is 679. The number of aliphatic carboxylic acids is 1. The van der Waals surface area contributed by atoms with Gasteiger partial charge in [-0.05, 0) is 57.4 Å². The van der Waals surface area contributed by atoms with Crippen LogP contribution in [0.4, 0.5) is 10.5 Å². The van der Waals surface area contributed by atoms with Gasteiger partial charge < -0.3 is 15.2 Å². The second-order valence-electron chi connectivity index (χ2n) is 7.57. The first-order valence-corrected chi connectivity index (χ1v) is 10.5. The van der Waals surface area contributed by atoms with E-state index in [1.807, 2.05) is 25.1 Å². The molecule has 0 spiro atoms. The van der Waals surface area contributed by atoms with Crippen molar-refractivity contribution < 1.29 is 24.3 Å².